The third kappa shape index (κ3) is 4.49. The second-order valence-corrected chi connectivity index (χ2v) is 5.39. The smallest absolute Gasteiger partial charge is 0.272 e. The highest BCUT2D eigenvalue weighted by molar-refractivity contribution is 5.42. The Morgan fingerprint density at radius 3 is 3.05 bits per heavy atom. The van der Waals surface area contributed by atoms with Crippen LogP contribution in [0, 0.1) is 17.0 Å². The molecule has 1 saturated heterocycles. The first-order valence-electron chi connectivity index (χ1n) is 7.38. The van der Waals surface area contributed by atoms with Crippen molar-refractivity contribution in [3.63, 3.8) is 0 Å². The number of ether oxygens (including phenoxy) is 1. The van der Waals surface area contributed by atoms with Crippen LogP contribution in [0.15, 0.2) is 18.2 Å². The molecule has 0 amide bonds. The van der Waals surface area contributed by atoms with Crippen LogP contribution in [0.25, 0.3) is 0 Å². The lowest BCUT2D eigenvalue weighted by molar-refractivity contribution is -0.385. The Morgan fingerprint density at radius 2 is 2.33 bits per heavy atom. The molecule has 1 heterocycles. The van der Waals surface area contributed by atoms with E-state index in [0.717, 1.165) is 38.3 Å². The third-order valence-electron chi connectivity index (χ3n) is 3.84. The van der Waals surface area contributed by atoms with Crippen LogP contribution in [0.2, 0.25) is 0 Å². The topological polar surface area (TPSA) is 67.6 Å². The molecule has 0 saturated carbocycles. The minimum absolute atomic E-state index is 0.181. The lowest BCUT2D eigenvalue weighted by Crippen LogP contribution is -2.46. The molecule has 1 aliphatic heterocycles. The standard InChI is InChI=1S/C15H23N3O3/c1-3-17-6-7-21-14(11-17)10-16-9-13-5-4-12(2)15(8-13)18(19)20/h4-5,8,14,16H,3,6-7,9-11H2,1-2H3. The van der Waals surface area contributed by atoms with Crippen molar-refractivity contribution >= 4 is 5.69 Å². The number of likely N-dealkylation sites (N-methyl/N-ethyl adjacent to an activating group) is 1. The van der Waals surface area contributed by atoms with Crippen LogP contribution >= 0.6 is 0 Å². The van der Waals surface area contributed by atoms with Crippen LogP contribution in [-0.2, 0) is 11.3 Å². The quantitative estimate of drug-likeness (QED) is 0.639. The maximum Gasteiger partial charge on any atom is 0.272 e. The first-order valence-corrected chi connectivity index (χ1v) is 7.38. The zero-order valence-electron chi connectivity index (χ0n) is 12.7. The first kappa shape index (κ1) is 15.9. The van der Waals surface area contributed by atoms with E-state index in [9.17, 15) is 10.1 Å². The van der Waals surface area contributed by atoms with Gasteiger partial charge in [0.1, 0.15) is 0 Å². The number of nitro groups is 1. The average molecular weight is 293 g/mol. The van der Waals surface area contributed by atoms with E-state index in [-0.39, 0.29) is 16.7 Å². The number of nitrogens with one attached hydrogen (secondary N) is 1. The molecule has 0 radical (unpaired) electrons. The van der Waals surface area contributed by atoms with E-state index in [4.69, 9.17) is 4.74 Å². The van der Waals surface area contributed by atoms with Gasteiger partial charge in [0, 0.05) is 37.8 Å². The van der Waals surface area contributed by atoms with Crippen molar-refractivity contribution in [1.29, 1.82) is 0 Å². The number of hydrogen-bond acceptors (Lipinski definition) is 5. The van der Waals surface area contributed by atoms with Crippen molar-refractivity contribution in [3.05, 3.63) is 39.4 Å². The van der Waals surface area contributed by atoms with Crippen LogP contribution in [0.4, 0.5) is 5.69 Å². The van der Waals surface area contributed by atoms with Gasteiger partial charge in [0.15, 0.2) is 0 Å². The van der Waals surface area contributed by atoms with Gasteiger partial charge in [-0.15, -0.1) is 0 Å². The Balaban J connectivity index is 1.83. The SMILES string of the molecule is CCN1CCOC(CNCc2ccc(C)c([N+](=O)[O-])c2)C1. The molecule has 1 unspecified atom stereocenters. The minimum atomic E-state index is -0.331. The van der Waals surface area contributed by atoms with Gasteiger partial charge in [-0.05, 0) is 19.0 Å². The summed E-state index contributed by atoms with van der Waals surface area (Å²) in [6.45, 7) is 9.05. The van der Waals surface area contributed by atoms with E-state index in [2.05, 4.69) is 17.1 Å². The molecule has 6 heteroatoms. The van der Waals surface area contributed by atoms with Crippen molar-refractivity contribution in [2.75, 3.05) is 32.8 Å². The van der Waals surface area contributed by atoms with E-state index >= 15 is 0 Å². The summed E-state index contributed by atoms with van der Waals surface area (Å²) in [7, 11) is 0. The molecule has 21 heavy (non-hydrogen) atoms. The molecule has 1 aliphatic rings. The highest BCUT2D eigenvalue weighted by Crippen LogP contribution is 2.19. The Labute approximate surface area is 125 Å². The van der Waals surface area contributed by atoms with Crippen molar-refractivity contribution < 1.29 is 9.66 Å². The number of morpholine rings is 1. The molecule has 1 aromatic rings. The lowest BCUT2D eigenvalue weighted by atomic mass is 10.1. The number of nitrogens with zero attached hydrogens (tertiary/aromatic N) is 2. The van der Waals surface area contributed by atoms with E-state index in [1.165, 1.54) is 0 Å². The van der Waals surface area contributed by atoms with Gasteiger partial charge in [0.25, 0.3) is 5.69 Å². The van der Waals surface area contributed by atoms with Gasteiger partial charge in [0.2, 0.25) is 0 Å². The summed E-state index contributed by atoms with van der Waals surface area (Å²) < 4.78 is 5.72. The molecule has 0 aromatic heterocycles. The van der Waals surface area contributed by atoms with E-state index < -0.39 is 0 Å². The summed E-state index contributed by atoms with van der Waals surface area (Å²) in [6.07, 6.45) is 0.194. The third-order valence-corrected chi connectivity index (χ3v) is 3.84. The molecule has 1 N–H and O–H groups in total. The molecular formula is C15H23N3O3. The van der Waals surface area contributed by atoms with Crippen LogP contribution in [0.1, 0.15) is 18.1 Å². The normalized spacial score (nSPS) is 19.6. The number of rotatable bonds is 6. The van der Waals surface area contributed by atoms with Gasteiger partial charge in [-0.25, -0.2) is 0 Å². The van der Waals surface area contributed by atoms with Gasteiger partial charge in [0.05, 0.1) is 17.6 Å². The summed E-state index contributed by atoms with van der Waals surface area (Å²) in [5.74, 6) is 0. The zero-order valence-corrected chi connectivity index (χ0v) is 12.7. The highest BCUT2D eigenvalue weighted by Gasteiger charge is 2.18. The Bertz CT molecular complexity index is 493. The largest absolute Gasteiger partial charge is 0.374 e. The fraction of sp³-hybridized carbons (Fsp3) is 0.600. The molecule has 6 nitrogen and oxygen atoms in total. The van der Waals surface area contributed by atoms with E-state index in [1.54, 1.807) is 19.1 Å². The van der Waals surface area contributed by atoms with Crippen molar-refractivity contribution in [3.8, 4) is 0 Å². The molecule has 0 spiro atoms. The van der Waals surface area contributed by atoms with Crippen molar-refractivity contribution in [1.82, 2.24) is 10.2 Å². The van der Waals surface area contributed by atoms with Crippen molar-refractivity contribution in [2.45, 2.75) is 26.5 Å². The molecule has 0 bridgehead atoms. The molecule has 1 fully saturated rings. The maximum absolute atomic E-state index is 10.9. The van der Waals surface area contributed by atoms with Crippen molar-refractivity contribution in [2.24, 2.45) is 0 Å². The van der Waals surface area contributed by atoms with Gasteiger partial charge >= 0.3 is 0 Å². The summed E-state index contributed by atoms with van der Waals surface area (Å²) in [4.78, 5) is 13.0. The summed E-state index contributed by atoms with van der Waals surface area (Å²) >= 11 is 0. The average Bonchev–Trinajstić information content (AvgIpc) is 2.49. The fourth-order valence-electron chi connectivity index (χ4n) is 2.53. The second-order valence-electron chi connectivity index (χ2n) is 5.39. The maximum atomic E-state index is 10.9. The number of aryl methyl sites for hydroxylation is 1. The van der Waals surface area contributed by atoms with E-state index in [1.807, 2.05) is 6.07 Å². The first-order chi connectivity index (χ1) is 10.1. The zero-order chi connectivity index (χ0) is 15.2. The van der Waals surface area contributed by atoms with Gasteiger partial charge in [-0.3, -0.25) is 15.0 Å². The summed E-state index contributed by atoms with van der Waals surface area (Å²) in [5.41, 5.74) is 1.80. The molecule has 0 aliphatic carbocycles. The minimum Gasteiger partial charge on any atom is -0.374 e. The fourth-order valence-corrected chi connectivity index (χ4v) is 2.53. The summed E-state index contributed by atoms with van der Waals surface area (Å²) in [5, 5.41) is 14.3. The molecule has 2 rings (SSSR count). The van der Waals surface area contributed by atoms with Gasteiger partial charge in [-0.1, -0.05) is 19.1 Å². The predicted octanol–water partition coefficient (Wildman–Crippen LogP) is 1.71. The summed E-state index contributed by atoms with van der Waals surface area (Å²) in [6, 6.07) is 5.36. The Hall–Kier alpha value is -1.50. The van der Waals surface area contributed by atoms with Gasteiger partial charge in [-0.2, -0.15) is 0 Å². The number of benzene rings is 1. The highest BCUT2D eigenvalue weighted by atomic mass is 16.6. The van der Waals surface area contributed by atoms with Crippen LogP contribution < -0.4 is 5.32 Å². The molecular weight excluding hydrogens is 270 g/mol. The molecule has 116 valence electrons. The second kappa shape index (κ2) is 7.49. The Kier molecular flexibility index (Phi) is 5.67. The Morgan fingerprint density at radius 1 is 1.52 bits per heavy atom. The van der Waals surface area contributed by atoms with Crippen LogP contribution in [0.3, 0.4) is 0 Å². The lowest BCUT2D eigenvalue weighted by Gasteiger charge is -2.32. The van der Waals surface area contributed by atoms with Crippen LogP contribution in [0.5, 0.6) is 0 Å². The number of hydrogen-bond donors (Lipinski definition) is 1. The molecule has 1 aromatic carbocycles. The van der Waals surface area contributed by atoms with E-state index in [0.29, 0.717) is 12.1 Å². The molecule has 1 atom stereocenters. The van der Waals surface area contributed by atoms with Gasteiger partial charge < -0.3 is 10.1 Å². The number of nitro benzene ring substituents is 1. The van der Waals surface area contributed by atoms with Crippen LogP contribution in [-0.4, -0.2) is 48.7 Å². The monoisotopic (exact) mass is 293 g/mol. The predicted molar refractivity (Wildman–Crippen MR) is 81.4 cm³/mol.